The number of hydrogen-bond donors (Lipinski definition) is 0. The van der Waals surface area contributed by atoms with E-state index in [2.05, 4.69) is 6.58 Å². The molecule has 0 N–H and O–H groups in total. The van der Waals surface area contributed by atoms with Crippen molar-refractivity contribution in [1.82, 2.24) is 0 Å². The first kappa shape index (κ1) is 16.4. The molecule has 1 aliphatic rings. The number of allylic oxidation sites excluding steroid dienone is 1. The molecule has 5 nitrogen and oxygen atoms in total. The highest BCUT2D eigenvalue weighted by molar-refractivity contribution is 7.48. The van der Waals surface area contributed by atoms with Crippen molar-refractivity contribution in [1.29, 1.82) is 0 Å². The zero-order chi connectivity index (χ0) is 14.3. The lowest BCUT2D eigenvalue weighted by atomic mass is 9.85. The van der Waals surface area contributed by atoms with Crippen molar-refractivity contribution in [2.45, 2.75) is 46.0 Å². The van der Waals surface area contributed by atoms with Crippen LogP contribution in [0.15, 0.2) is 12.3 Å². The van der Waals surface area contributed by atoms with E-state index in [0.29, 0.717) is 18.6 Å². The minimum Gasteiger partial charge on any atom is -0.409 e. The number of Topliss-reactive ketones (excluding diaryl/α,β-unsaturated/α-hetero) is 1. The molecule has 0 amide bonds. The van der Waals surface area contributed by atoms with Crippen molar-refractivity contribution in [3.8, 4) is 0 Å². The lowest BCUT2D eigenvalue weighted by Gasteiger charge is -2.23. The van der Waals surface area contributed by atoms with Gasteiger partial charge in [-0.3, -0.25) is 13.8 Å². The predicted molar refractivity (Wildman–Crippen MR) is 72.7 cm³/mol. The van der Waals surface area contributed by atoms with Gasteiger partial charge in [-0.25, -0.2) is 4.57 Å². The van der Waals surface area contributed by atoms with E-state index in [0.717, 1.165) is 19.3 Å². The standard InChI is InChI=1S/C13H23O5P/c1-4-16-19(15,17-5-2)18-11(3)10-12-8-6-7-9-13(12)14/h12H,3-10H2,1-2H3. The number of rotatable bonds is 8. The van der Waals surface area contributed by atoms with Crippen LogP contribution in [0.1, 0.15) is 46.0 Å². The van der Waals surface area contributed by atoms with Crippen molar-refractivity contribution in [3.05, 3.63) is 12.3 Å². The van der Waals surface area contributed by atoms with Gasteiger partial charge in [0.2, 0.25) is 0 Å². The van der Waals surface area contributed by atoms with Gasteiger partial charge < -0.3 is 4.52 Å². The first-order valence-electron chi connectivity index (χ1n) is 6.80. The van der Waals surface area contributed by atoms with Crippen molar-refractivity contribution < 1.29 is 22.9 Å². The molecule has 0 radical (unpaired) electrons. The Kier molecular flexibility index (Phi) is 6.76. The van der Waals surface area contributed by atoms with Crippen LogP contribution in [-0.2, 0) is 22.9 Å². The lowest BCUT2D eigenvalue weighted by Crippen LogP contribution is -2.19. The molecule has 110 valence electrons. The number of ketones is 1. The van der Waals surface area contributed by atoms with Crippen molar-refractivity contribution in [3.63, 3.8) is 0 Å². The summed E-state index contributed by atoms with van der Waals surface area (Å²) in [6.45, 7) is 7.61. The average Bonchev–Trinajstić information content (AvgIpc) is 2.32. The second-order valence-corrected chi connectivity index (χ2v) is 6.12. The van der Waals surface area contributed by atoms with Gasteiger partial charge in [-0.2, -0.15) is 0 Å². The van der Waals surface area contributed by atoms with Crippen LogP contribution in [0.2, 0.25) is 0 Å². The van der Waals surface area contributed by atoms with Gasteiger partial charge in [-0.15, -0.1) is 0 Å². The van der Waals surface area contributed by atoms with Gasteiger partial charge in [-0.1, -0.05) is 13.0 Å². The van der Waals surface area contributed by atoms with E-state index < -0.39 is 7.82 Å². The first-order chi connectivity index (χ1) is 9.00. The van der Waals surface area contributed by atoms with Crippen molar-refractivity contribution in [2.24, 2.45) is 5.92 Å². The molecule has 19 heavy (non-hydrogen) atoms. The van der Waals surface area contributed by atoms with Crippen LogP contribution in [-0.4, -0.2) is 19.0 Å². The fourth-order valence-corrected chi connectivity index (χ4v) is 3.35. The van der Waals surface area contributed by atoms with Gasteiger partial charge in [0.1, 0.15) is 11.5 Å². The number of carbonyl (C=O) groups excluding carboxylic acids is 1. The lowest BCUT2D eigenvalue weighted by molar-refractivity contribution is -0.124. The van der Waals surface area contributed by atoms with E-state index in [1.807, 2.05) is 0 Å². The molecular formula is C13H23O5P. The first-order valence-corrected chi connectivity index (χ1v) is 8.26. The quantitative estimate of drug-likeness (QED) is 0.502. The zero-order valence-corrected chi connectivity index (χ0v) is 12.6. The van der Waals surface area contributed by atoms with Gasteiger partial charge in [0.15, 0.2) is 0 Å². The van der Waals surface area contributed by atoms with Crippen LogP contribution in [0.4, 0.5) is 0 Å². The number of phosphoric acid groups is 1. The molecule has 0 spiro atoms. The third-order valence-electron chi connectivity index (χ3n) is 2.97. The van der Waals surface area contributed by atoms with Crippen LogP contribution in [0, 0.1) is 5.92 Å². The van der Waals surface area contributed by atoms with E-state index >= 15 is 0 Å². The molecule has 1 saturated carbocycles. The maximum atomic E-state index is 12.1. The number of hydrogen-bond acceptors (Lipinski definition) is 5. The highest BCUT2D eigenvalue weighted by Gasteiger charge is 2.30. The Morgan fingerprint density at radius 2 is 1.95 bits per heavy atom. The molecule has 0 bridgehead atoms. The van der Waals surface area contributed by atoms with Gasteiger partial charge in [-0.05, 0) is 26.7 Å². The molecule has 0 aromatic carbocycles. The molecule has 1 fully saturated rings. The molecule has 1 rings (SSSR count). The summed E-state index contributed by atoms with van der Waals surface area (Å²) in [6, 6.07) is 0. The zero-order valence-electron chi connectivity index (χ0n) is 11.7. The molecule has 0 aromatic rings. The summed E-state index contributed by atoms with van der Waals surface area (Å²) in [6.07, 6.45) is 3.85. The van der Waals surface area contributed by atoms with Crippen LogP contribution >= 0.6 is 7.82 Å². The SMILES string of the molecule is C=C(CC1CCCCC1=O)OP(=O)(OCC)OCC. The predicted octanol–water partition coefficient (Wildman–Crippen LogP) is 3.85. The highest BCUT2D eigenvalue weighted by atomic mass is 31.2. The Morgan fingerprint density at radius 1 is 1.32 bits per heavy atom. The number of carbonyl (C=O) groups is 1. The Labute approximate surface area is 114 Å². The summed E-state index contributed by atoms with van der Waals surface area (Å²) >= 11 is 0. The van der Waals surface area contributed by atoms with Crippen molar-refractivity contribution in [2.75, 3.05) is 13.2 Å². The van der Waals surface area contributed by atoms with Gasteiger partial charge in [0, 0.05) is 18.8 Å². The van der Waals surface area contributed by atoms with E-state index in [-0.39, 0.29) is 24.9 Å². The van der Waals surface area contributed by atoms with Crippen LogP contribution in [0.3, 0.4) is 0 Å². The summed E-state index contributed by atoms with van der Waals surface area (Å²) < 4.78 is 27.4. The maximum Gasteiger partial charge on any atom is 0.529 e. The Balaban J connectivity index is 2.52. The summed E-state index contributed by atoms with van der Waals surface area (Å²) in [7, 11) is -3.57. The fraction of sp³-hybridized carbons (Fsp3) is 0.769. The van der Waals surface area contributed by atoms with Gasteiger partial charge in [0.25, 0.3) is 0 Å². The smallest absolute Gasteiger partial charge is 0.409 e. The molecule has 0 saturated heterocycles. The summed E-state index contributed by atoms with van der Waals surface area (Å²) in [5.74, 6) is 0.460. The molecule has 6 heteroatoms. The average molecular weight is 290 g/mol. The second-order valence-electron chi connectivity index (χ2n) is 4.53. The minimum atomic E-state index is -3.57. The van der Waals surface area contributed by atoms with Crippen molar-refractivity contribution >= 4 is 13.6 Å². The third kappa shape index (κ3) is 5.47. The molecule has 1 atom stereocenters. The molecule has 0 aromatic heterocycles. The molecule has 0 heterocycles. The largest absolute Gasteiger partial charge is 0.529 e. The van der Waals surface area contributed by atoms with Gasteiger partial charge >= 0.3 is 7.82 Å². The Morgan fingerprint density at radius 3 is 2.47 bits per heavy atom. The monoisotopic (exact) mass is 290 g/mol. The normalized spacial score (nSPS) is 20.3. The summed E-state index contributed by atoms with van der Waals surface area (Å²) in [5, 5.41) is 0. The third-order valence-corrected chi connectivity index (χ3v) is 4.60. The van der Waals surface area contributed by atoms with Gasteiger partial charge in [0.05, 0.1) is 13.2 Å². The minimum absolute atomic E-state index is 0.0713. The second kappa shape index (κ2) is 7.83. The molecular weight excluding hydrogens is 267 g/mol. The summed E-state index contributed by atoms with van der Waals surface area (Å²) in [5.41, 5.74) is 0. The maximum absolute atomic E-state index is 12.1. The topological polar surface area (TPSA) is 61.8 Å². The molecule has 0 aliphatic heterocycles. The fourth-order valence-electron chi connectivity index (χ4n) is 2.15. The van der Waals surface area contributed by atoms with E-state index in [1.54, 1.807) is 13.8 Å². The van der Waals surface area contributed by atoms with E-state index in [4.69, 9.17) is 13.6 Å². The molecule has 1 aliphatic carbocycles. The summed E-state index contributed by atoms with van der Waals surface area (Å²) in [4.78, 5) is 11.7. The number of phosphoric ester groups is 1. The van der Waals surface area contributed by atoms with E-state index in [1.165, 1.54) is 0 Å². The van der Waals surface area contributed by atoms with E-state index in [9.17, 15) is 9.36 Å². The van der Waals surface area contributed by atoms with Crippen LogP contribution in [0.5, 0.6) is 0 Å². The molecule has 1 unspecified atom stereocenters. The Bertz CT molecular complexity index is 356. The van der Waals surface area contributed by atoms with Crippen LogP contribution in [0.25, 0.3) is 0 Å². The van der Waals surface area contributed by atoms with Crippen LogP contribution < -0.4 is 0 Å². The Hall–Kier alpha value is -0.640. The highest BCUT2D eigenvalue weighted by Crippen LogP contribution is 2.51.